The Morgan fingerprint density at radius 2 is 2.00 bits per heavy atom. The highest BCUT2D eigenvalue weighted by atomic mass is 32.2. The van der Waals surface area contributed by atoms with Crippen molar-refractivity contribution in [3.63, 3.8) is 0 Å². The number of halogens is 1. The molecule has 28 heavy (non-hydrogen) atoms. The molecule has 0 aliphatic carbocycles. The summed E-state index contributed by atoms with van der Waals surface area (Å²) in [7, 11) is 3.43. The third-order valence-corrected chi connectivity index (χ3v) is 5.77. The van der Waals surface area contributed by atoms with Crippen LogP contribution in [0.4, 0.5) is 15.8 Å². The third kappa shape index (κ3) is 4.47. The fraction of sp³-hybridized carbons (Fsp3) is 0.333. The maximum Gasteiger partial charge on any atom is 0.338 e. The van der Waals surface area contributed by atoms with Gasteiger partial charge in [-0.3, -0.25) is 4.79 Å². The van der Waals surface area contributed by atoms with E-state index < -0.39 is 11.8 Å². The van der Waals surface area contributed by atoms with Crippen LogP contribution in [-0.2, 0) is 9.53 Å². The first-order valence-corrected chi connectivity index (χ1v) is 9.95. The fourth-order valence-electron chi connectivity index (χ4n) is 3.03. The number of amides is 1. The molecule has 1 heterocycles. The molecule has 0 radical (unpaired) electrons. The van der Waals surface area contributed by atoms with Crippen LogP contribution in [0, 0.1) is 5.82 Å². The van der Waals surface area contributed by atoms with E-state index in [0.29, 0.717) is 17.5 Å². The van der Waals surface area contributed by atoms with Gasteiger partial charge in [0.15, 0.2) is 6.61 Å². The van der Waals surface area contributed by atoms with Gasteiger partial charge in [0.05, 0.1) is 16.9 Å². The van der Waals surface area contributed by atoms with E-state index in [-0.39, 0.29) is 18.1 Å². The lowest BCUT2D eigenvalue weighted by atomic mass is 10.2. The highest BCUT2D eigenvalue weighted by Gasteiger charge is 2.25. The van der Waals surface area contributed by atoms with E-state index in [2.05, 4.69) is 6.92 Å². The molecule has 2 aromatic carbocycles. The molecule has 1 aliphatic rings. The second-order valence-electron chi connectivity index (χ2n) is 6.87. The summed E-state index contributed by atoms with van der Waals surface area (Å²) < 4.78 is 19.2. The molecule has 0 aromatic heterocycles. The second-order valence-corrected chi connectivity index (χ2v) is 8.35. The molecule has 5 nitrogen and oxygen atoms in total. The SMILES string of the molecule is C[C@@H]1CCN(C(=O)COC(=O)c2ccc(N(C)C)c(F)c2)c2ccccc2S1. The molecule has 1 aliphatic heterocycles. The fourth-order valence-corrected chi connectivity index (χ4v) is 4.14. The van der Waals surface area contributed by atoms with E-state index in [1.54, 1.807) is 35.7 Å². The van der Waals surface area contributed by atoms with Gasteiger partial charge in [-0.15, -0.1) is 11.8 Å². The summed E-state index contributed by atoms with van der Waals surface area (Å²) in [6, 6.07) is 11.8. The van der Waals surface area contributed by atoms with Crippen LogP contribution in [0.1, 0.15) is 23.7 Å². The van der Waals surface area contributed by atoms with Crippen molar-refractivity contribution in [1.29, 1.82) is 0 Å². The van der Waals surface area contributed by atoms with Gasteiger partial charge < -0.3 is 14.5 Å². The molecule has 7 heteroatoms. The molecule has 1 amide bonds. The van der Waals surface area contributed by atoms with Gasteiger partial charge in [0.2, 0.25) is 0 Å². The average molecular weight is 402 g/mol. The number of fused-ring (bicyclic) bond motifs is 1. The molecule has 148 valence electrons. The quantitative estimate of drug-likeness (QED) is 0.725. The molecule has 0 unspecified atom stereocenters. The number of nitrogens with zero attached hydrogens (tertiary/aromatic N) is 2. The Balaban J connectivity index is 1.68. The predicted octanol–water partition coefficient (Wildman–Crippen LogP) is 3.97. The van der Waals surface area contributed by atoms with E-state index in [1.807, 2.05) is 24.3 Å². The Morgan fingerprint density at radius 3 is 2.71 bits per heavy atom. The van der Waals surface area contributed by atoms with E-state index >= 15 is 0 Å². The molecule has 0 saturated heterocycles. The van der Waals surface area contributed by atoms with Crippen LogP contribution < -0.4 is 9.80 Å². The first kappa shape index (κ1) is 20.2. The number of ether oxygens (including phenoxy) is 1. The highest BCUT2D eigenvalue weighted by molar-refractivity contribution is 8.00. The van der Waals surface area contributed by atoms with Crippen LogP contribution in [0.5, 0.6) is 0 Å². The van der Waals surface area contributed by atoms with Crippen LogP contribution in [-0.4, -0.2) is 44.4 Å². The predicted molar refractivity (Wildman–Crippen MR) is 110 cm³/mol. The largest absolute Gasteiger partial charge is 0.452 e. The minimum Gasteiger partial charge on any atom is -0.452 e. The van der Waals surface area contributed by atoms with Gasteiger partial charge in [-0.25, -0.2) is 9.18 Å². The molecule has 0 N–H and O–H groups in total. The summed E-state index contributed by atoms with van der Waals surface area (Å²) in [6.45, 7) is 2.30. The zero-order chi connectivity index (χ0) is 20.3. The van der Waals surface area contributed by atoms with Crippen molar-refractivity contribution >= 4 is 35.0 Å². The van der Waals surface area contributed by atoms with Crippen LogP contribution in [0.3, 0.4) is 0 Å². The van der Waals surface area contributed by atoms with Crippen molar-refractivity contribution in [2.24, 2.45) is 0 Å². The zero-order valence-corrected chi connectivity index (χ0v) is 17.0. The zero-order valence-electron chi connectivity index (χ0n) is 16.1. The molecule has 2 aromatic rings. The lowest BCUT2D eigenvalue weighted by molar-refractivity contribution is -0.121. The second kappa shape index (κ2) is 8.65. The van der Waals surface area contributed by atoms with Gasteiger partial charge in [-0.2, -0.15) is 0 Å². The van der Waals surface area contributed by atoms with Gasteiger partial charge in [0.25, 0.3) is 5.91 Å². The Kier molecular flexibility index (Phi) is 6.24. The van der Waals surface area contributed by atoms with Crippen molar-refractivity contribution in [3.8, 4) is 0 Å². The number of benzene rings is 2. The summed E-state index contributed by atoms with van der Waals surface area (Å²) in [6.07, 6.45) is 0.843. The Hall–Kier alpha value is -2.54. The summed E-state index contributed by atoms with van der Waals surface area (Å²) in [5.74, 6) is -1.53. The summed E-state index contributed by atoms with van der Waals surface area (Å²) in [5, 5.41) is 0.389. The molecular weight excluding hydrogens is 379 g/mol. The number of esters is 1. The van der Waals surface area contributed by atoms with Gasteiger partial charge in [-0.1, -0.05) is 19.1 Å². The lowest BCUT2D eigenvalue weighted by Gasteiger charge is -2.22. The molecule has 0 saturated carbocycles. The normalized spacial score (nSPS) is 16.1. The van der Waals surface area contributed by atoms with Crippen molar-refractivity contribution < 1.29 is 18.7 Å². The maximum absolute atomic E-state index is 14.1. The van der Waals surface area contributed by atoms with Crippen molar-refractivity contribution in [1.82, 2.24) is 0 Å². The average Bonchev–Trinajstić information content (AvgIpc) is 2.83. The first-order valence-electron chi connectivity index (χ1n) is 9.07. The number of anilines is 2. The van der Waals surface area contributed by atoms with E-state index in [1.165, 1.54) is 12.1 Å². The van der Waals surface area contributed by atoms with E-state index in [4.69, 9.17) is 4.74 Å². The molecule has 0 fully saturated rings. The maximum atomic E-state index is 14.1. The molecule has 3 rings (SSSR count). The molecule has 0 spiro atoms. The van der Waals surface area contributed by atoms with Gasteiger partial charge >= 0.3 is 5.97 Å². The van der Waals surface area contributed by atoms with Crippen molar-refractivity contribution in [2.45, 2.75) is 23.5 Å². The van der Waals surface area contributed by atoms with Crippen LogP contribution in [0.2, 0.25) is 0 Å². The highest BCUT2D eigenvalue weighted by Crippen LogP contribution is 2.37. The number of para-hydroxylation sites is 1. The van der Waals surface area contributed by atoms with E-state index in [0.717, 1.165) is 23.1 Å². The van der Waals surface area contributed by atoms with Crippen LogP contribution >= 0.6 is 11.8 Å². The number of hydrogen-bond acceptors (Lipinski definition) is 5. The monoisotopic (exact) mass is 402 g/mol. The Morgan fingerprint density at radius 1 is 1.25 bits per heavy atom. The minimum atomic E-state index is -0.719. The molecular formula is C21H23FN2O3S. The third-order valence-electron chi connectivity index (χ3n) is 4.54. The minimum absolute atomic E-state index is 0.0799. The summed E-state index contributed by atoms with van der Waals surface area (Å²) in [4.78, 5) is 29.3. The van der Waals surface area contributed by atoms with Crippen LogP contribution in [0.15, 0.2) is 47.4 Å². The number of hydrogen-bond donors (Lipinski definition) is 0. The van der Waals surface area contributed by atoms with Gasteiger partial charge in [0, 0.05) is 30.8 Å². The smallest absolute Gasteiger partial charge is 0.338 e. The first-order chi connectivity index (χ1) is 13.4. The lowest BCUT2D eigenvalue weighted by Crippen LogP contribution is -2.35. The van der Waals surface area contributed by atoms with Crippen molar-refractivity contribution in [3.05, 3.63) is 53.8 Å². The topological polar surface area (TPSA) is 49.9 Å². The van der Waals surface area contributed by atoms with Gasteiger partial charge in [0.1, 0.15) is 5.82 Å². The number of rotatable bonds is 4. The Labute approximate surface area is 168 Å². The summed E-state index contributed by atoms with van der Waals surface area (Å²) >= 11 is 1.73. The summed E-state index contributed by atoms with van der Waals surface area (Å²) in [5.41, 5.74) is 1.29. The Bertz CT molecular complexity index is 888. The number of carbonyl (C=O) groups excluding carboxylic acids is 2. The standard InChI is InChI=1S/C21H23FN2O3S/c1-14-10-11-24(18-6-4-5-7-19(18)28-14)20(25)13-27-21(26)15-8-9-17(23(2)3)16(22)12-15/h4-9,12,14H,10-11,13H2,1-3H3/t14-/m1/s1. The molecule has 0 bridgehead atoms. The number of carbonyl (C=O) groups is 2. The number of thioether (sulfide) groups is 1. The van der Waals surface area contributed by atoms with Gasteiger partial charge in [-0.05, 0) is 36.8 Å². The van der Waals surface area contributed by atoms with Crippen molar-refractivity contribution in [2.75, 3.05) is 37.0 Å². The van der Waals surface area contributed by atoms with Crippen LogP contribution in [0.25, 0.3) is 0 Å². The van der Waals surface area contributed by atoms with E-state index in [9.17, 15) is 14.0 Å². The molecule has 1 atom stereocenters.